The second-order valence-corrected chi connectivity index (χ2v) is 5.49. The molecule has 0 unspecified atom stereocenters. The maximum absolute atomic E-state index is 11.7. The van der Waals surface area contributed by atoms with Crippen LogP contribution in [-0.4, -0.2) is 26.0 Å². The van der Waals surface area contributed by atoms with Gasteiger partial charge in [-0.3, -0.25) is 0 Å². The molecule has 4 nitrogen and oxygen atoms in total. The number of rotatable bonds is 2. The fraction of sp³-hybridized carbons (Fsp3) is 0.222. The highest BCUT2D eigenvalue weighted by Gasteiger charge is 2.17. The van der Waals surface area contributed by atoms with Crippen molar-refractivity contribution in [2.45, 2.75) is 4.90 Å². The fourth-order valence-corrected chi connectivity index (χ4v) is 2.96. The van der Waals surface area contributed by atoms with Crippen molar-refractivity contribution in [2.24, 2.45) is 4.40 Å². The van der Waals surface area contributed by atoms with Gasteiger partial charge in [-0.25, -0.2) is 0 Å². The fourth-order valence-electron chi connectivity index (χ4n) is 1.10. The minimum Gasteiger partial charge on any atom is -0.471 e. The summed E-state index contributed by atoms with van der Waals surface area (Å²) in [4.78, 5) is 0.189. The highest BCUT2D eigenvalue weighted by atomic mass is 32.2. The zero-order chi connectivity index (χ0) is 10.7. The summed E-state index contributed by atoms with van der Waals surface area (Å²) in [5, 5.41) is 0.235. The van der Waals surface area contributed by atoms with E-state index in [1.807, 2.05) is 0 Å². The molecular formula is C9H9NO3S2. The first-order valence-corrected chi connectivity index (χ1v) is 6.77. The first-order chi connectivity index (χ1) is 7.18. The monoisotopic (exact) mass is 243 g/mol. The van der Waals surface area contributed by atoms with Crippen LogP contribution in [0.5, 0.6) is 0 Å². The van der Waals surface area contributed by atoms with E-state index in [1.54, 1.807) is 18.2 Å². The Morgan fingerprint density at radius 1 is 1.27 bits per heavy atom. The maximum Gasteiger partial charge on any atom is 0.286 e. The molecule has 0 spiro atoms. The third-order valence-corrected chi connectivity index (χ3v) is 3.99. The van der Waals surface area contributed by atoms with Gasteiger partial charge in [-0.05, 0) is 12.1 Å². The number of hydrogen-bond donors (Lipinski definition) is 0. The van der Waals surface area contributed by atoms with Crippen LogP contribution >= 0.6 is 11.8 Å². The molecule has 80 valence electrons. The van der Waals surface area contributed by atoms with Gasteiger partial charge in [-0.15, -0.1) is 4.40 Å². The van der Waals surface area contributed by atoms with Crippen molar-refractivity contribution >= 4 is 27.0 Å². The molecule has 0 atom stereocenters. The van der Waals surface area contributed by atoms with Gasteiger partial charge in [0.2, 0.25) is 0 Å². The van der Waals surface area contributed by atoms with Gasteiger partial charge < -0.3 is 4.74 Å². The lowest BCUT2D eigenvalue weighted by atomic mass is 10.4. The molecular weight excluding hydrogens is 234 g/mol. The van der Waals surface area contributed by atoms with Crippen LogP contribution in [0.1, 0.15) is 0 Å². The minimum atomic E-state index is -3.60. The quantitative estimate of drug-likeness (QED) is 0.789. The highest BCUT2D eigenvalue weighted by molar-refractivity contribution is 8.14. The summed E-state index contributed by atoms with van der Waals surface area (Å²) in [6.07, 6.45) is 0. The Bertz CT molecular complexity index is 459. The molecule has 2 rings (SSSR count). The molecule has 1 heterocycles. The third kappa shape index (κ3) is 2.51. The van der Waals surface area contributed by atoms with Crippen LogP contribution in [0, 0.1) is 0 Å². The Hall–Kier alpha value is -1.01. The third-order valence-electron chi connectivity index (χ3n) is 1.77. The molecule has 0 bridgehead atoms. The summed E-state index contributed by atoms with van der Waals surface area (Å²) in [6.45, 7) is 0.522. The topological polar surface area (TPSA) is 55.7 Å². The van der Waals surface area contributed by atoms with Crippen molar-refractivity contribution in [3.63, 3.8) is 0 Å². The van der Waals surface area contributed by atoms with Crippen molar-refractivity contribution in [2.75, 3.05) is 12.4 Å². The summed E-state index contributed by atoms with van der Waals surface area (Å²) in [5.74, 6) is 0.753. The lowest BCUT2D eigenvalue weighted by Gasteiger charge is -1.99. The number of hydrogen-bond acceptors (Lipinski definition) is 4. The summed E-state index contributed by atoms with van der Waals surface area (Å²) in [7, 11) is -3.60. The standard InChI is InChI=1S/C9H9NO3S2/c11-15(12,8-4-2-1-3-5-8)10-9-13-6-7-14-9/h1-5H,6-7H2. The van der Waals surface area contributed by atoms with E-state index in [0.717, 1.165) is 5.75 Å². The largest absolute Gasteiger partial charge is 0.471 e. The van der Waals surface area contributed by atoms with Crippen LogP contribution in [0.3, 0.4) is 0 Å². The van der Waals surface area contributed by atoms with Crippen LogP contribution in [0.2, 0.25) is 0 Å². The Kier molecular flexibility index (Phi) is 2.97. The van der Waals surface area contributed by atoms with Crippen LogP contribution < -0.4 is 0 Å². The Balaban J connectivity index is 2.32. The van der Waals surface area contributed by atoms with Crippen LogP contribution in [0.15, 0.2) is 39.6 Å². The molecule has 0 aromatic heterocycles. The van der Waals surface area contributed by atoms with Gasteiger partial charge in [0.25, 0.3) is 15.3 Å². The van der Waals surface area contributed by atoms with E-state index < -0.39 is 10.0 Å². The highest BCUT2D eigenvalue weighted by Crippen LogP contribution is 2.18. The van der Waals surface area contributed by atoms with Crippen LogP contribution in [0.4, 0.5) is 0 Å². The van der Waals surface area contributed by atoms with E-state index in [0.29, 0.717) is 6.61 Å². The van der Waals surface area contributed by atoms with Gasteiger partial charge in [-0.1, -0.05) is 30.0 Å². The average molecular weight is 243 g/mol. The molecule has 15 heavy (non-hydrogen) atoms. The number of benzene rings is 1. The molecule has 1 aromatic rings. The Morgan fingerprint density at radius 2 is 2.00 bits per heavy atom. The summed E-state index contributed by atoms with van der Waals surface area (Å²) >= 11 is 1.31. The summed E-state index contributed by atoms with van der Waals surface area (Å²) in [6, 6.07) is 8.11. The predicted octanol–water partition coefficient (Wildman–Crippen LogP) is 1.49. The first-order valence-electron chi connectivity index (χ1n) is 4.34. The number of sulfonamides is 1. The molecule has 6 heteroatoms. The summed E-state index contributed by atoms with van der Waals surface area (Å²) < 4.78 is 32.1. The first kappa shape index (κ1) is 10.5. The lowest BCUT2D eigenvalue weighted by Crippen LogP contribution is -2.01. The van der Waals surface area contributed by atoms with Crippen molar-refractivity contribution in [3.8, 4) is 0 Å². The van der Waals surface area contributed by atoms with E-state index in [4.69, 9.17) is 4.74 Å². The second-order valence-electron chi connectivity index (χ2n) is 2.84. The van der Waals surface area contributed by atoms with Gasteiger partial charge in [0.15, 0.2) is 0 Å². The van der Waals surface area contributed by atoms with Crippen molar-refractivity contribution < 1.29 is 13.2 Å². The minimum absolute atomic E-state index is 0.189. The Labute approximate surface area is 92.4 Å². The van der Waals surface area contributed by atoms with Gasteiger partial charge in [0, 0.05) is 5.75 Å². The molecule has 1 saturated heterocycles. The molecule has 0 radical (unpaired) electrons. The number of thioether (sulfide) groups is 1. The second kappa shape index (κ2) is 4.24. The maximum atomic E-state index is 11.7. The van der Waals surface area contributed by atoms with Gasteiger partial charge >= 0.3 is 0 Å². The van der Waals surface area contributed by atoms with Crippen LogP contribution in [-0.2, 0) is 14.8 Å². The van der Waals surface area contributed by atoms with Crippen molar-refractivity contribution in [1.82, 2.24) is 0 Å². The smallest absolute Gasteiger partial charge is 0.286 e. The predicted molar refractivity (Wildman–Crippen MR) is 59.5 cm³/mol. The molecule has 0 N–H and O–H groups in total. The molecule has 0 saturated carbocycles. The summed E-state index contributed by atoms with van der Waals surface area (Å²) in [5.41, 5.74) is 0. The zero-order valence-electron chi connectivity index (χ0n) is 7.79. The Morgan fingerprint density at radius 3 is 2.60 bits per heavy atom. The molecule has 1 fully saturated rings. The van der Waals surface area contributed by atoms with E-state index in [2.05, 4.69) is 4.40 Å². The molecule has 0 aliphatic carbocycles. The number of ether oxygens (including phenoxy) is 1. The van der Waals surface area contributed by atoms with E-state index >= 15 is 0 Å². The normalized spacial score (nSPS) is 19.1. The van der Waals surface area contributed by atoms with E-state index in [9.17, 15) is 8.42 Å². The van der Waals surface area contributed by atoms with Gasteiger partial charge in [0.05, 0.1) is 4.90 Å². The average Bonchev–Trinajstić information content (AvgIpc) is 2.71. The van der Waals surface area contributed by atoms with E-state index in [1.165, 1.54) is 23.9 Å². The van der Waals surface area contributed by atoms with Crippen LogP contribution in [0.25, 0.3) is 0 Å². The van der Waals surface area contributed by atoms with Crippen molar-refractivity contribution in [1.29, 1.82) is 0 Å². The van der Waals surface area contributed by atoms with Crippen molar-refractivity contribution in [3.05, 3.63) is 30.3 Å². The van der Waals surface area contributed by atoms with Gasteiger partial charge in [0.1, 0.15) is 6.61 Å². The molecule has 1 aliphatic rings. The molecule has 1 aliphatic heterocycles. The number of nitrogens with zero attached hydrogens (tertiary/aromatic N) is 1. The molecule has 1 aromatic carbocycles. The van der Waals surface area contributed by atoms with E-state index in [-0.39, 0.29) is 10.1 Å². The lowest BCUT2D eigenvalue weighted by molar-refractivity contribution is 0.353. The zero-order valence-corrected chi connectivity index (χ0v) is 9.42. The molecule has 0 amide bonds. The van der Waals surface area contributed by atoms with Gasteiger partial charge in [-0.2, -0.15) is 8.42 Å². The SMILES string of the molecule is O=S(=O)(N=C1OCCS1)c1ccccc1.